The van der Waals surface area contributed by atoms with Crippen molar-refractivity contribution in [2.24, 2.45) is 0 Å². The van der Waals surface area contributed by atoms with Gasteiger partial charge in [0.1, 0.15) is 5.69 Å². The number of para-hydroxylation sites is 2. The van der Waals surface area contributed by atoms with E-state index in [0.29, 0.717) is 0 Å². The van der Waals surface area contributed by atoms with E-state index in [2.05, 4.69) is 20.6 Å². The number of nitrogens with zero attached hydrogens (tertiary/aromatic N) is 2. The fourth-order valence-corrected chi connectivity index (χ4v) is 2.40. The van der Waals surface area contributed by atoms with Crippen LogP contribution in [0.1, 0.15) is 21.6 Å². The van der Waals surface area contributed by atoms with E-state index in [9.17, 15) is 18.0 Å². The lowest BCUT2D eigenvalue weighted by atomic mass is 10.1. The summed E-state index contributed by atoms with van der Waals surface area (Å²) in [5, 5.41) is 5.24. The number of nitrogens with one attached hydrogen (secondary N) is 2. The summed E-state index contributed by atoms with van der Waals surface area (Å²) in [4.78, 5) is 20.5. The molecule has 0 fully saturated rings. The molecule has 0 aliphatic carbocycles. The van der Waals surface area contributed by atoms with Gasteiger partial charge in [0.2, 0.25) is 5.95 Å². The van der Waals surface area contributed by atoms with Gasteiger partial charge in [-0.05, 0) is 36.8 Å². The lowest BCUT2D eigenvalue weighted by molar-refractivity contribution is -0.136. The first kappa shape index (κ1) is 18.4. The Kier molecular flexibility index (Phi) is 5.07. The van der Waals surface area contributed by atoms with Gasteiger partial charge >= 0.3 is 6.18 Å². The molecular weight excluding hydrogens is 357 g/mol. The Bertz CT molecular complexity index is 973. The second-order valence-electron chi connectivity index (χ2n) is 5.70. The van der Waals surface area contributed by atoms with Crippen molar-refractivity contribution in [1.29, 1.82) is 0 Å². The minimum Gasteiger partial charge on any atom is -0.324 e. The van der Waals surface area contributed by atoms with E-state index in [0.717, 1.165) is 17.3 Å². The molecule has 1 amide bonds. The van der Waals surface area contributed by atoms with Crippen LogP contribution in [0.15, 0.2) is 60.8 Å². The van der Waals surface area contributed by atoms with Crippen LogP contribution in [0.25, 0.3) is 0 Å². The number of halogens is 3. The van der Waals surface area contributed by atoms with Crippen molar-refractivity contribution in [1.82, 2.24) is 9.97 Å². The molecule has 27 heavy (non-hydrogen) atoms. The second-order valence-corrected chi connectivity index (χ2v) is 5.70. The Morgan fingerprint density at radius 2 is 1.63 bits per heavy atom. The Hall–Kier alpha value is -3.42. The monoisotopic (exact) mass is 372 g/mol. The van der Waals surface area contributed by atoms with Crippen molar-refractivity contribution in [3.63, 3.8) is 0 Å². The summed E-state index contributed by atoms with van der Waals surface area (Å²) in [6.45, 7) is 1.90. The second kappa shape index (κ2) is 7.45. The van der Waals surface area contributed by atoms with Gasteiger partial charge in [-0.1, -0.05) is 30.3 Å². The standard InChI is InChI=1S/C19H15F3N4O/c1-12-6-2-4-8-14(12)25-18-23-11-10-16(26-18)17(27)24-15-9-5-3-7-13(15)19(20,21)22/h2-11H,1H3,(H,24,27)(H,23,25,26). The molecule has 0 aliphatic rings. The molecule has 8 heteroatoms. The minimum atomic E-state index is -4.58. The predicted octanol–water partition coefficient (Wildman–Crippen LogP) is 4.80. The average Bonchev–Trinajstić information content (AvgIpc) is 2.63. The van der Waals surface area contributed by atoms with E-state index in [1.165, 1.54) is 30.5 Å². The number of hydrogen-bond acceptors (Lipinski definition) is 4. The molecule has 0 aliphatic heterocycles. The zero-order valence-electron chi connectivity index (χ0n) is 14.2. The van der Waals surface area contributed by atoms with Crippen molar-refractivity contribution in [3.8, 4) is 0 Å². The van der Waals surface area contributed by atoms with E-state index in [4.69, 9.17) is 0 Å². The van der Waals surface area contributed by atoms with Gasteiger partial charge in [-0.3, -0.25) is 4.79 Å². The fourth-order valence-electron chi connectivity index (χ4n) is 2.40. The molecule has 0 spiro atoms. The van der Waals surface area contributed by atoms with E-state index < -0.39 is 17.6 Å². The van der Waals surface area contributed by atoms with Crippen molar-refractivity contribution in [2.45, 2.75) is 13.1 Å². The van der Waals surface area contributed by atoms with E-state index >= 15 is 0 Å². The summed E-state index contributed by atoms with van der Waals surface area (Å²) in [5.41, 5.74) is 0.401. The van der Waals surface area contributed by atoms with Gasteiger partial charge in [-0.15, -0.1) is 0 Å². The number of anilines is 3. The molecule has 2 N–H and O–H groups in total. The highest BCUT2D eigenvalue weighted by molar-refractivity contribution is 6.03. The molecular formula is C19H15F3N4O. The molecule has 3 aromatic rings. The highest BCUT2D eigenvalue weighted by atomic mass is 19.4. The van der Waals surface area contributed by atoms with Crippen LogP contribution < -0.4 is 10.6 Å². The minimum absolute atomic E-state index is 0.0574. The van der Waals surface area contributed by atoms with E-state index in [-0.39, 0.29) is 17.3 Å². The van der Waals surface area contributed by atoms with E-state index in [1.807, 2.05) is 31.2 Å². The first-order valence-corrected chi connectivity index (χ1v) is 7.98. The summed E-state index contributed by atoms with van der Waals surface area (Å²) in [6.07, 6.45) is -3.22. The van der Waals surface area contributed by atoms with E-state index in [1.54, 1.807) is 0 Å². The third-order valence-corrected chi connectivity index (χ3v) is 3.76. The lowest BCUT2D eigenvalue weighted by Gasteiger charge is -2.13. The number of aryl methyl sites for hydroxylation is 1. The first-order valence-electron chi connectivity index (χ1n) is 7.98. The highest BCUT2D eigenvalue weighted by Crippen LogP contribution is 2.34. The molecule has 0 radical (unpaired) electrons. The van der Waals surface area contributed by atoms with Crippen LogP contribution in [0.3, 0.4) is 0 Å². The Morgan fingerprint density at radius 1 is 0.963 bits per heavy atom. The molecule has 1 heterocycles. The molecule has 138 valence electrons. The number of rotatable bonds is 4. The summed E-state index contributed by atoms with van der Waals surface area (Å²) in [7, 11) is 0. The quantitative estimate of drug-likeness (QED) is 0.690. The molecule has 2 aromatic carbocycles. The Labute approximate surface area is 153 Å². The summed E-state index contributed by atoms with van der Waals surface area (Å²) in [6, 6.07) is 13.5. The summed E-state index contributed by atoms with van der Waals surface area (Å²) >= 11 is 0. The largest absolute Gasteiger partial charge is 0.418 e. The highest BCUT2D eigenvalue weighted by Gasteiger charge is 2.33. The molecule has 0 atom stereocenters. The topological polar surface area (TPSA) is 66.9 Å². The van der Waals surface area contributed by atoms with Crippen molar-refractivity contribution in [3.05, 3.63) is 77.6 Å². The third-order valence-electron chi connectivity index (χ3n) is 3.76. The van der Waals surface area contributed by atoms with Crippen LogP contribution >= 0.6 is 0 Å². The summed E-state index contributed by atoms with van der Waals surface area (Å²) < 4.78 is 39.2. The van der Waals surface area contributed by atoms with Crippen LogP contribution in [0, 0.1) is 6.92 Å². The van der Waals surface area contributed by atoms with Gasteiger partial charge in [-0.2, -0.15) is 13.2 Å². The lowest BCUT2D eigenvalue weighted by Crippen LogP contribution is -2.18. The van der Waals surface area contributed by atoms with Gasteiger partial charge < -0.3 is 10.6 Å². The number of alkyl halides is 3. The van der Waals surface area contributed by atoms with Crippen LogP contribution in [0.4, 0.5) is 30.5 Å². The third kappa shape index (κ3) is 4.41. The normalized spacial score (nSPS) is 11.1. The van der Waals surface area contributed by atoms with Crippen molar-refractivity contribution >= 4 is 23.2 Å². The zero-order valence-corrected chi connectivity index (χ0v) is 14.2. The van der Waals surface area contributed by atoms with Gasteiger partial charge in [0.05, 0.1) is 11.3 Å². The fraction of sp³-hybridized carbons (Fsp3) is 0.105. The summed E-state index contributed by atoms with van der Waals surface area (Å²) in [5.74, 6) is -0.594. The maximum atomic E-state index is 13.1. The average molecular weight is 372 g/mol. The molecule has 1 aromatic heterocycles. The molecule has 0 bridgehead atoms. The Balaban J connectivity index is 1.82. The molecule has 0 saturated carbocycles. The molecule has 3 rings (SSSR count). The number of amides is 1. The maximum Gasteiger partial charge on any atom is 0.418 e. The predicted molar refractivity (Wildman–Crippen MR) is 95.9 cm³/mol. The molecule has 0 unspecified atom stereocenters. The number of carbonyl (C=O) groups is 1. The van der Waals surface area contributed by atoms with Crippen molar-refractivity contribution in [2.75, 3.05) is 10.6 Å². The molecule has 5 nitrogen and oxygen atoms in total. The van der Waals surface area contributed by atoms with Crippen LogP contribution in [0.2, 0.25) is 0 Å². The van der Waals surface area contributed by atoms with Crippen LogP contribution in [0.5, 0.6) is 0 Å². The van der Waals surface area contributed by atoms with Crippen LogP contribution in [-0.2, 0) is 6.18 Å². The molecule has 0 saturated heterocycles. The van der Waals surface area contributed by atoms with Gasteiger partial charge in [-0.25, -0.2) is 9.97 Å². The number of benzene rings is 2. The van der Waals surface area contributed by atoms with Gasteiger partial charge in [0.15, 0.2) is 0 Å². The Morgan fingerprint density at radius 3 is 2.33 bits per heavy atom. The zero-order chi connectivity index (χ0) is 19.4. The maximum absolute atomic E-state index is 13.1. The number of aromatic nitrogens is 2. The SMILES string of the molecule is Cc1ccccc1Nc1nccc(C(=O)Nc2ccccc2C(F)(F)F)n1. The number of hydrogen-bond donors (Lipinski definition) is 2. The smallest absolute Gasteiger partial charge is 0.324 e. The van der Waals surface area contributed by atoms with Crippen LogP contribution in [-0.4, -0.2) is 15.9 Å². The number of carbonyl (C=O) groups excluding carboxylic acids is 1. The first-order chi connectivity index (χ1) is 12.8. The van der Waals surface area contributed by atoms with Gasteiger partial charge in [0.25, 0.3) is 5.91 Å². The van der Waals surface area contributed by atoms with Crippen molar-refractivity contribution < 1.29 is 18.0 Å². The van der Waals surface area contributed by atoms with Gasteiger partial charge in [0, 0.05) is 11.9 Å².